The summed E-state index contributed by atoms with van der Waals surface area (Å²) in [4.78, 5) is 2.54. The van der Waals surface area contributed by atoms with Crippen molar-refractivity contribution in [2.75, 3.05) is 0 Å². The molecule has 1 heterocycles. The summed E-state index contributed by atoms with van der Waals surface area (Å²) in [5, 5.41) is 0. The number of hydrogen-bond donors (Lipinski definition) is 2. The van der Waals surface area contributed by atoms with Crippen LogP contribution < -0.4 is 5.73 Å². The molecule has 1 aromatic heterocycles. The molecule has 56 valence electrons. The van der Waals surface area contributed by atoms with E-state index in [1.807, 2.05) is 6.92 Å². The van der Waals surface area contributed by atoms with E-state index >= 15 is 0 Å². The highest BCUT2D eigenvalue weighted by molar-refractivity contribution is 5.09. The van der Waals surface area contributed by atoms with Crippen molar-refractivity contribution in [1.82, 2.24) is 4.98 Å². The third kappa shape index (κ3) is 1.36. The molecule has 0 amide bonds. The van der Waals surface area contributed by atoms with Gasteiger partial charge < -0.3 is 10.7 Å². The highest BCUT2D eigenvalue weighted by Gasteiger charge is 2.04. The molecule has 0 aliphatic carbocycles. The summed E-state index contributed by atoms with van der Waals surface area (Å²) in [6, 6.07) is 2.98. The first-order chi connectivity index (χ1) is 4.74. The highest BCUT2D eigenvalue weighted by Crippen LogP contribution is 2.11. The topological polar surface area (TPSA) is 41.8 Å². The van der Waals surface area contributed by atoms with Crippen LogP contribution in [0.5, 0.6) is 0 Å². The van der Waals surface area contributed by atoms with Crippen molar-refractivity contribution >= 4 is 0 Å². The van der Waals surface area contributed by atoms with Crippen LogP contribution in [-0.4, -0.2) is 4.98 Å². The van der Waals surface area contributed by atoms with Crippen molar-refractivity contribution < 1.29 is 4.39 Å². The normalized spacial score (nSPS) is 13.5. The second-order valence-corrected chi connectivity index (χ2v) is 2.28. The predicted molar refractivity (Wildman–Crippen MR) is 38.0 cm³/mol. The minimum atomic E-state index is -0.320. The summed E-state index contributed by atoms with van der Waals surface area (Å²) in [6.45, 7) is 1.96. The Bertz CT molecular complexity index is 207. The molecule has 0 aliphatic rings. The number of aromatic amines is 1. The van der Waals surface area contributed by atoms with Crippen molar-refractivity contribution in [3.8, 4) is 0 Å². The van der Waals surface area contributed by atoms with Gasteiger partial charge in [0.1, 0.15) is 0 Å². The molecule has 0 bridgehead atoms. The molecule has 0 saturated heterocycles. The van der Waals surface area contributed by atoms with Gasteiger partial charge in [-0.25, -0.2) is 0 Å². The zero-order chi connectivity index (χ0) is 7.56. The van der Waals surface area contributed by atoms with Crippen molar-refractivity contribution in [3.05, 3.63) is 23.8 Å². The van der Waals surface area contributed by atoms with Crippen LogP contribution in [0.15, 0.2) is 12.1 Å². The van der Waals surface area contributed by atoms with E-state index in [0.29, 0.717) is 0 Å². The van der Waals surface area contributed by atoms with Gasteiger partial charge in [-0.05, 0) is 18.6 Å². The molecule has 2 nitrogen and oxygen atoms in total. The molecule has 0 aromatic carbocycles. The molecule has 0 unspecified atom stereocenters. The summed E-state index contributed by atoms with van der Waals surface area (Å²) in [5.41, 5.74) is 6.37. The Morgan fingerprint density at radius 1 is 1.70 bits per heavy atom. The van der Waals surface area contributed by atoms with Crippen LogP contribution in [0.25, 0.3) is 0 Å². The van der Waals surface area contributed by atoms with Gasteiger partial charge in [-0.1, -0.05) is 6.92 Å². The molecule has 0 spiro atoms. The fourth-order valence-electron chi connectivity index (χ4n) is 0.820. The largest absolute Gasteiger partial charge is 0.334 e. The van der Waals surface area contributed by atoms with Gasteiger partial charge in [0, 0.05) is 11.7 Å². The summed E-state index contributed by atoms with van der Waals surface area (Å²) >= 11 is 0. The summed E-state index contributed by atoms with van der Waals surface area (Å²) < 4.78 is 12.3. The van der Waals surface area contributed by atoms with E-state index in [0.717, 1.165) is 12.1 Å². The predicted octanol–water partition coefficient (Wildman–Crippen LogP) is 1.56. The number of H-pyrrole nitrogens is 1. The molecule has 0 fully saturated rings. The molecule has 1 rings (SSSR count). The molecule has 0 radical (unpaired) electrons. The van der Waals surface area contributed by atoms with Crippen LogP contribution in [0.4, 0.5) is 4.39 Å². The lowest BCUT2D eigenvalue weighted by Gasteiger charge is -2.03. The quantitative estimate of drug-likeness (QED) is 0.646. The number of nitrogens with one attached hydrogen (secondary N) is 1. The Morgan fingerprint density at radius 3 is 2.80 bits per heavy atom. The van der Waals surface area contributed by atoms with E-state index in [1.54, 1.807) is 6.07 Å². The number of hydrogen-bond acceptors (Lipinski definition) is 1. The first-order valence-corrected chi connectivity index (χ1v) is 3.34. The highest BCUT2D eigenvalue weighted by atomic mass is 19.1. The molecule has 1 atom stereocenters. The summed E-state index contributed by atoms with van der Waals surface area (Å²) in [7, 11) is 0. The number of aromatic nitrogens is 1. The third-order valence-corrected chi connectivity index (χ3v) is 1.51. The molecular weight excluding hydrogens is 131 g/mol. The lowest BCUT2D eigenvalue weighted by atomic mass is 10.2. The SMILES string of the molecule is CC[C@@H](N)c1ccc(F)[nH]1. The maximum atomic E-state index is 12.3. The standard InChI is InChI=1S/C7H11FN2/c1-2-5(9)6-3-4-7(8)10-6/h3-5,10H,2,9H2,1H3/t5-/m1/s1. The minimum absolute atomic E-state index is 0.0653. The molecule has 3 N–H and O–H groups in total. The van der Waals surface area contributed by atoms with Crippen LogP contribution in [-0.2, 0) is 0 Å². The average molecular weight is 142 g/mol. The van der Waals surface area contributed by atoms with E-state index in [1.165, 1.54) is 6.07 Å². The Balaban J connectivity index is 2.74. The second kappa shape index (κ2) is 2.84. The van der Waals surface area contributed by atoms with Crippen LogP contribution in [0.1, 0.15) is 25.1 Å². The number of halogens is 1. The van der Waals surface area contributed by atoms with E-state index in [2.05, 4.69) is 4.98 Å². The van der Waals surface area contributed by atoms with Crippen molar-refractivity contribution in [2.24, 2.45) is 5.73 Å². The van der Waals surface area contributed by atoms with Crippen LogP contribution in [0.3, 0.4) is 0 Å². The van der Waals surface area contributed by atoms with Gasteiger partial charge in [0.15, 0.2) is 5.95 Å². The smallest absolute Gasteiger partial charge is 0.191 e. The summed E-state index contributed by atoms with van der Waals surface area (Å²) in [5.74, 6) is -0.320. The van der Waals surface area contributed by atoms with Crippen molar-refractivity contribution in [3.63, 3.8) is 0 Å². The van der Waals surface area contributed by atoms with Gasteiger partial charge in [-0.3, -0.25) is 0 Å². The van der Waals surface area contributed by atoms with Gasteiger partial charge in [0.2, 0.25) is 0 Å². The maximum Gasteiger partial charge on any atom is 0.191 e. The second-order valence-electron chi connectivity index (χ2n) is 2.28. The maximum absolute atomic E-state index is 12.3. The average Bonchev–Trinajstić information content (AvgIpc) is 2.34. The Kier molecular flexibility index (Phi) is 2.06. The molecular formula is C7H11FN2. The molecule has 10 heavy (non-hydrogen) atoms. The Morgan fingerprint density at radius 2 is 2.40 bits per heavy atom. The zero-order valence-electron chi connectivity index (χ0n) is 5.89. The first kappa shape index (κ1) is 7.28. The molecule has 1 aromatic rings. The van der Waals surface area contributed by atoms with Gasteiger partial charge in [-0.2, -0.15) is 4.39 Å². The third-order valence-electron chi connectivity index (χ3n) is 1.51. The molecule has 0 saturated carbocycles. The van der Waals surface area contributed by atoms with E-state index < -0.39 is 0 Å². The monoisotopic (exact) mass is 142 g/mol. The van der Waals surface area contributed by atoms with Crippen molar-refractivity contribution in [1.29, 1.82) is 0 Å². The van der Waals surface area contributed by atoms with Crippen LogP contribution in [0.2, 0.25) is 0 Å². The lowest BCUT2D eigenvalue weighted by molar-refractivity contribution is 0.576. The van der Waals surface area contributed by atoms with E-state index in [9.17, 15) is 4.39 Å². The van der Waals surface area contributed by atoms with Crippen LogP contribution in [0, 0.1) is 5.95 Å². The number of nitrogens with two attached hydrogens (primary N) is 1. The molecule has 0 aliphatic heterocycles. The number of rotatable bonds is 2. The zero-order valence-corrected chi connectivity index (χ0v) is 5.89. The van der Waals surface area contributed by atoms with Gasteiger partial charge in [0.05, 0.1) is 0 Å². The fraction of sp³-hybridized carbons (Fsp3) is 0.429. The minimum Gasteiger partial charge on any atom is -0.334 e. The van der Waals surface area contributed by atoms with Crippen LogP contribution >= 0.6 is 0 Å². The fourth-order valence-corrected chi connectivity index (χ4v) is 0.820. The van der Waals surface area contributed by atoms with Gasteiger partial charge in [-0.15, -0.1) is 0 Å². The van der Waals surface area contributed by atoms with Gasteiger partial charge >= 0.3 is 0 Å². The lowest BCUT2D eigenvalue weighted by Crippen LogP contribution is -2.08. The summed E-state index contributed by atoms with van der Waals surface area (Å²) in [6.07, 6.45) is 0.819. The Labute approximate surface area is 59.2 Å². The Hall–Kier alpha value is -0.830. The van der Waals surface area contributed by atoms with E-state index in [4.69, 9.17) is 5.73 Å². The first-order valence-electron chi connectivity index (χ1n) is 3.34. The van der Waals surface area contributed by atoms with Crippen molar-refractivity contribution in [2.45, 2.75) is 19.4 Å². The van der Waals surface area contributed by atoms with E-state index in [-0.39, 0.29) is 12.0 Å². The van der Waals surface area contributed by atoms with Gasteiger partial charge in [0.25, 0.3) is 0 Å². The molecule has 3 heteroatoms.